The van der Waals surface area contributed by atoms with E-state index in [0.29, 0.717) is 0 Å². The first kappa shape index (κ1) is 45.2. The van der Waals surface area contributed by atoms with Gasteiger partial charge in [0, 0.05) is 0 Å². The molecule has 266 valence electrons. The maximum absolute atomic E-state index is 12.7. The van der Waals surface area contributed by atoms with Crippen molar-refractivity contribution in [2.45, 2.75) is 58.3 Å². The summed E-state index contributed by atoms with van der Waals surface area (Å²) < 4.78 is 76.0. The van der Waals surface area contributed by atoms with Crippen LogP contribution in [0.15, 0.2) is 109 Å². The van der Waals surface area contributed by atoms with E-state index >= 15 is 0 Å². The molecular formula is C41H38Cl2F6Zr-4. The van der Waals surface area contributed by atoms with Crippen LogP contribution in [0.2, 0.25) is 0 Å². The summed E-state index contributed by atoms with van der Waals surface area (Å²) >= 11 is 0. The average Bonchev–Trinajstić information content (AvgIpc) is 3.65. The maximum Gasteiger partial charge on any atom is 2.00 e. The van der Waals surface area contributed by atoms with Gasteiger partial charge in [-0.2, -0.15) is 38.5 Å². The van der Waals surface area contributed by atoms with Gasteiger partial charge in [0.2, 0.25) is 0 Å². The molecule has 0 aliphatic carbocycles. The summed E-state index contributed by atoms with van der Waals surface area (Å²) in [6.45, 7) is 11.0. The Bertz CT molecular complexity index is 1730. The number of alkyl halides is 6. The zero-order valence-electron chi connectivity index (χ0n) is 27.9. The van der Waals surface area contributed by atoms with Crippen LogP contribution in [0.5, 0.6) is 0 Å². The van der Waals surface area contributed by atoms with Gasteiger partial charge in [-0.1, -0.05) is 74.2 Å². The molecule has 0 N–H and O–H groups in total. The summed E-state index contributed by atoms with van der Waals surface area (Å²) in [6, 6.07) is 31.3. The first-order chi connectivity index (χ1) is 22.4. The van der Waals surface area contributed by atoms with Gasteiger partial charge in [0.05, 0.1) is 11.1 Å². The van der Waals surface area contributed by atoms with Gasteiger partial charge in [0.25, 0.3) is 0 Å². The van der Waals surface area contributed by atoms with Crippen LogP contribution in [-0.2, 0) is 51.4 Å². The molecule has 0 amide bonds. The molecule has 0 atom stereocenters. The maximum atomic E-state index is 12.7. The van der Waals surface area contributed by atoms with Crippen molar-refractivity contribution in [2.24, 2.45) is 0 Å². The Balaban J connectivity index is 0.000000439. The third-order valence-electron chi connectivity index (χ3n) is 7.74. The van der Waals surface area contributed by atoms with Gasteiger partial charge in [0.1, 0.15) is 0 Å². The van der Waals surface area contributed by atoms with E-state index in [0.717, 1.165) is 100 Å². The van der Waals surface area contributed by atoms with Crippen molar-refractivity contribution in [3.05, 3.63) is 145 Å². The molecule has 0 saturated carbocycles. The fourth-order valence-electron chi connectivity index (χ4n) is 5.64. The van der Waals surface area contributed by atoms with Crippen molar-refractivity contribution in [2.75, 3.05) is 0 Å². The van der Waals surface area contributed by atoms with Crippen molar-refractivity contribution in [3.8, 4) is 22.3 Å². The van der Waals surface area contributed by atoms with E-state index in [1.54, 1.807) is 24.3 Å². The Labute approximate surface area is 323 Å². The van der Waals surface area contributed by atoms with E-state index in [9.17, 15) is 26.3 Å². The second kappa shape index (κ2) is 20.3. The summed E-state index contributed by atoms with van der Waals surface area (Å²) in [6.07, 6.45) is -3.65. The van der Waals surface area contributed by atoms with Crippen molar-refractivity contribution in [1.82, 2.24) is 0 Å². The summed E-state index contributed by atoms with van der Waals surface area (Å²) in [4.78, 5) is 0. The minimum absolute atomic E-state index is 0. The second-order valence-electron chi connectivity index (χ2n) is 11.3. The zero-order chi connectivity index (χ0) is 34.2. The molecule has 0 unspecified atom stereocenters. The Kier molecular flexibility index (Phi) is 18.3. The van der Waals surface area contributed by atoms with Crippen molar-refractivity contribution in [1.29, 1.82) is 0 Å². The minimum atomic E-state index is -4.29. The molecular weight excluding hydrogens is 769 g/mol. The molecule has 50 heavy (non-hydrogen) atoms. The van der Waals surface area contributed by atoms with E-state index in [2.05, 4.69) is 52.0 Å². The molecule has 0 spiro atoms. The fourth-order valence-corrected chi connectivity index (χ4v) is 5.64. The van der Waals surface area contributed by atoms with Gasteiger partial charge in [-0.25, -0.2) is 0 Å². The molecule has 0 aromatic heterocycles. The van der Waals surface area contributed by atoms with E-state index in [-0.39, 0.29) is 51.0 Å². The predicted octanol–water partition coefficient (Wildman–Crippen LogP) is 7.44. The number of fused-ring (bicyclic) bond motifs is 2. The van der Waals surface area contributed by atoms with Gasteiger partial charge in [-0.05, 0) is 48.2 Å². The fraction of sp³-hybridized carbons (Fsp3) is 0.220. The summed E-state index contributed by atoms with van der Waals surface area (Å²) in [5, 5.41) is 4.48. The number of aryl methyl sites for hydroxylation is 2. The number of benzene rings is 4. The summed E-state index contributed by atoms with van der Waals surface area (Å²) in [5.41, 5.74) is 4.91. The molecule has 0 aliphatic heterocycles. The molecule has 6 aromatic rings. The molecule has 0 aliphatic rings. The summed E-state index contributed by atoms with van der Waals surface area (Å²) in [5.74, 6) is 0. The molecule has 9 heteroatoms. The quantitative estimate of drug-likeness (QED) is 0.121. The molecule has 0 heterocycles. The minimum Gasteiger partial charge on any atom is -1.00 e. The van der Waals surface area contributed by atoms with E-state index in [1.165, 1.54) is 11.1 Å². The van der Waals surface area contributed by atoms with E-state index in [1.807, 2.05) is 36.4 Å². The van der Waals surface area contributed by atoms with Gasteiger partial charge in [-0.3, -0.25) is 0 Å². The van der Waals surface area contributed by atoms with Crippen LogP contribution in [-0.4, -0.2) is 0 Å². The van der Waals surface area contributed by atoms with E-state index in [4.69, 9.17) is 0 Å². The van der Waals surface area contributed by atoms with Crippen molar-refractivity contribution >= 4 is 21.5 Å². The Hall–Kier alpha value is -2.86. The van der Waals surface area contributed by atoms with E-state index < -0.39 is 23.5 Å². The number of hydrogen-bond acceptors (Lipinski definition) is 0. The third kappa shape index (κ3) is 11.6. The molecule has 6 rings (SSSR count). The Morgan fingerprint density at radius 3 is 1.14 bits per heavy atom. The van der Waals surface area contributed by atoms with Crippen LogP contribution in [0.1, 0.15) is 55.4 Å². The van der Waals surface area contributed by atoms with Crippen molar-refractivity contribution in [3.63, 3.8) is 0 Å². The normalized spacial score (nSPS) is 10.9. The monoisotopic (exact) mass is 804 g/mol. The van der Waals surface area contributed by atoms with Crippen LogP contribution < -0.4 is 24.8 Å². The zero-order valence-corrected chi connectivity index (χ0v) is 31.8. The van der Waals surface area contributed by atoms with Crippen LogP contribution in [0.3, 0.4) is 0 Å². The molecule has 0 bridgehead atoms. The molecule has 0 nitrogen and oxygen atoms in total. The predicted molar refractivity (Wildman–Crippen MR) is 183 cm³/mol. The topological polar surface area (TPSA) is 0 Å². The SMILES string of the molecule is CCCc1cc2c(-c3ccc(C(F)(F)F)cc3)cccc2[cH-]1.CCCc1cc2c(-c3ccc(C(F)(F)F)cc3)cccc2[cH-]1.[CH2-]C[CH2-].[Cl-].[Cl-].[Zr+2]. The summed E-state index contributed by atoms with van der Waals surface area (Å²) in [7, 11) is 0. The van der Waals surface area contributed by atoms with Gasteiger partial charge < -0.3 is 45.1 Å². The number of halogens is 8. The third-order valence-corrected chi connectivity index (χ3v) is 7.74. The smallest absolute Gasteiger partial charge is 1.00 e. The number of hydrogen-bond donors (Lipinski definition) is 0. The molecule has 6 aromatic carbocycles. The van der Waals surface area contributed by atoms with Gasteiger partial charge in [-0.15, -0.1) is 69.1 Å². The Morgan fingerprint density at radius 1 is 0.540 bits per heavy atom. The van der Waals surface area contributed by atoms with Crippen molar-refractivity contribution < 1.29 is 77.4 Å². The second-order valence-corrected chi connectivity index (χ2v) is 11.3. The molecule has 0 fully saturated rings. The standard InChI is InChI=1S/2C19H16F3.C3H6.2ClH.Zr/c2*1-2-4-13-11-15-5-3-6-17(18(15)12-13)14-7-9-16(10-8-14)19(20,21)22;1-3-2;;;/h2*3,5-12H,2,4H2,1H3;1-3H2;2*1H;/q2*-1;-2;;;+2/p-2. The first-order valence-electron chi connectivity index (χ1n) is 15.7. The largest absolute Gasteiger partial charge is 2.00 e. The van der Waals surface area contributed by atoms with Crippen LogP contribution in [0.25, 0.3) is 43.8 Å². The molecule has 0 radical (unpaired) electrons. The Morgan fingerprint density at radius 2 is 0.860 bits per heavy atom. The van der Waals surface area contributed by atoms with Crippen LogP contribution in [0.4, 0.5) is 26.3 Å². The number of rotatable bonds is 6. The van der Waals surface area contributed by atoms with Gasteiger partial charge in [0.15, 0.2) is 0 Å². The molecule has 0 saturated heterocycles. The van der Waals surface area contributed by atoms with Gasteiger partial charge >= 0.3 is 38.6 Å². The average molecular weight is 807 g/mol. The van der Waals surface area contributed by atoms with Crippen LogP contribution in [0, 0.1) is 13.8 Å². The van der Waals surface area contributed by atoms with Crippen LogP contribution >= 0.6 is 0 Å². The first-order valence-corrected chi connectivity index (χ1v) is 15.7.